The fraction of sp³-hybridized carbons (Fsp3) is 0.300. The zero-order chi connectivity index (χ0) is 11.4. The van der Waals surface area contributed by atoms with Crippen molar-refractivity contribution in [2.45, 2.75) is 11.3 Å². The molecule has 2 N–H and O–H groups in total. The van der Waals surface area contributed by atoms with E-state index in [4.69, 9.17) is 5.73 Å². The number of carbonyl (C=O) groups excluding carboxylic acids is 1. The standard InChI is InChI=1S/C10H12FNO2S.ClH/c1-14-10(13)9(15)8(12)6-4-2-3-5-7(6)11;/h2-5,8-9,15H,12H2,1H3;1H/t8-,9-;/m0./s1. The van der Waals surface area contributed by atoms with Crippen LogP contribution in [0, 0.1) is 5.82 Å². The van der Waals surface area contributed by atoms with E-state index in [1.165, 1.54) is 19.2 Å². The van der Waals surface area contributed by atoms with E-state index in [2.05, 4.69) is 17.4 Å². The number of methoxy groups -OCH3 is 1. The summed E-state index contributed by atoms with van der Waals surface area (Å²) in [6.07, 6.45) is 0. The van der Waals surface area contributed by atoms with E-state index >= 15 is 0 Å². The normalized spacial score (nSPS) is 13.5. The summed E-state index contributed by atoms with van der Waals surface area (Å²) in [5.74, 6) is -1.03. The van der Waals surface area contributed by atoms with Crippen molar-refractivity contribution in [1.29, 1.82) is 0 Å². The molecule has 0 aliphatic carbocycles. The number of rotatable bonds is 3. The number of hydrogen-bond donors (Lipinski definition) is 2. The average Bonchev–Trinajstić information content (AvgIpc) is 2.26. The number of benzene rings is 1. The van der Waals surface area contributed by atoms with Gasteiger partial charge in [-0.2, -0.15) is 12.6 Å². The van der Waals surface area contributed by atoms with E-state index in [9.17, 15) is 9.18 Å². The van der Waals surface area contributed by atoms with Gasteiger partial charge in [0.05, 0.1) is 13.2 Å². The summed E-state index contributed by atoms with van der Waals surface area (Å²) in [7, 11) is 1.24. The Hall–Kier alpha value is -0.780. The van der Waals surface area contributed by atoms with Gasteiger partial charge in [0.2, 0.25) is 0 Å². The quantitative estimate of drug-likeness (QED) is 0.646. The predicted molar refractivity (Wildman–Crippen MR) is 65.4 cm³/mol. The van der Waals surface area contributed by atoms with Crippen LogP contribution in [0.1, 0.15) is 11.6 Å². The first-order chi connectivity index (χ1) is 7.07. The second-order valence-corrected chi connectivity index (χ2v) is 3.57. The first-order valence-electron chi connectivity index (χ1n) is 4.34. The smallest absolute Gasteiger partial charge is 0.320 e. The van der Waals surface area contributed by atoms with Crippen molar-refractivity contribution in [1.82, 2.24) is 0 Å². The van der Waals surface area contributed by atoms with Crippen LogP contribution < -0.4 is 5.73 Å². The maximum Gasteiger partial charge on any atom is 0.320 e. The summed E-state index contributed by atoms with van der Waals surface area (Å²) in [6.45, 7) is 0. The van der Waals surface area contributed by atoms with Crippen LogP contribution in [0.15, 0.2) is 24.3 Å². The van der Waals surface area contributed by atoms with E-state index in [0.29, 0.717) is 0 Å². The number of nitrogens with two attached hydrogens (primary N) is 1. The summed E-state index contributed by atoms with van der Waals surface area (Å²) in [6, 6.07) is 5.19. The molecular weight excluding hydrogens is 253 g/mol. The Bertz CT molecular complexity index is 364. The van der Waals surface area contributed by atoms with Crippen molar-refractivity contribution in [2.75, 3.05) is 7.11 Å². The molecule has 0 saturated heterocycles. The van der Waals surface area contributed by atoms with Gasteiger partial charge in [-0.05, 0) is 6.07 Å². The summed E-state index contributed by atoms with van der Waals surface area (Å²) >= 11 is 3.99. The van der Waals surface area contributed by atoms with Gasteiger partial charge in [-0.25, -0.2) is 4.39 Å². The third-order valence-corrected chi connectivity index (χ3v) is 2.58. The van der Waals surface area contributed by atoms with E-state index in [1.54, 1.807) is 12.1 Å². The molecule has 0 spiro atoms. The van der Waals surface area contributed by atoms with Gasteiger partial charge in [0.1, 0.15) is 11.1 Å². The Kier molecular flexibility index (Phi) is 6.40. The largest absolute Gasteiger partial charge is 0.468 e. The molecule has 1 aromatic rings. The van der Waals surface area contributed by atoms with Gasteiger partial charge >= 0.3 is 5.97 Å². The third-order valence-electron chi connectivity index (χ3n) is 2.05. The lowest BCUT2D eigenvalue weighted by Crippen LogP contribution is -2.30. The zero-order valence-corrected chi connectivity index (χ0v) is 10.3. The summed E-state index contributed by atoms with van der Waals surface area (Å²) in [4.78, 5) is 11.1. The van der Waals surface area contributed by atoms with Crippen LogP contribution in [-0.4, -0.2) is 18.3 Å². The Morgan fingerprint density at radius 1 is 1.50 bits per heavy atom. The van der Waals surface area contributed by atoms with Crippen LogP contribution in [0.2, 0.25) is 0 Å². The monoisotopic (exact) mass is 265 g/mol. The fourth-order valence-corrected chi connectivity index (χ4v) is 1.45. The third kappa shape index (κ3) is 3.37. The molecular formula is C10H13ClFNO2S. The molecule has 1 rings (SSSR count). The molecule has 0 bridgehead atoms. The van der Waals surface area contributed by atoms with Gasteiger partial charge in [0.15, 0.2) is 0 Å². The molecule has 90 valence electrons. The molecule has 0 amide bonds. The van der Waals surface area contributed by atoms with Crippen LogP contribution in [0.25, 0.3) is 0 Å². The van der Waals surface area contributed by atoms with E-state index < -0.39 is 23.1 Å². The molecule has 0 aliphatic rings. The highest BCUT2D eigenvalue weighted by Crippen LogP contribution is 2.21. The molecule has 0 radical (unpaired) electrons. The number of hydrogen-bond acceptors (Lipinski definition) is 4. The minimum Gasteiger partial charge on any atom is -0.468 e. The van der Waals surface area contributed by atoms with Crippen molar-refractivity contribution in [2.24, 2.45) is 5.73 Å². The SMILES string of the molecule is COC(=O)[C@@H](S)[C@@H](N)c1ccccc1F.Cl. The number of carbonyl (C=O) groups is 1. The summed E-state index contributed by atoms with van der Waals surface area (Å²) in [5.41, 5.74) is 5.95. The lowest BCUT2D eigenvalue weighted by molar-refractivity contribution is -0.140. The maximum absolute atomic E-state index is 13.3. The molecule has 1 aromatic carbocycles. The topological polar surface area (TPSA) is 52.3 Å². The highest BCUT2D eigenvalue weighted by molar-refractivity contribution is 7.81. The number of ether oxygens (including phenoxy) is 1. The van der Waals surface area contributed by atoms with Crippen LogP contribution in [0.5, 0.6) is 0 Å². The summed E-state index contributed by atoms with van der Waals surface area (Å²) < 4.78 is 17.8. The van der Waals surface area contributed by atoms with Gasteiger partial charge in [0, 0.05) is 5.56 Å². The van der Waals surface area contributed by atoms with Crippen molar-refractivity contribution in [3.05, 3.63) is 35.6 Å². The Morgan fingerprint density at radius 2 is 2.06 bits per heavy atom. The van der Waals surface area contributed by atoms with Crippen LogP contribution in [0.4, 0.5) is 4.39 Å². The first kappa shape index (κ1) is 15.2. The number of thiol groups is 1. The Morgan fingerprint density at radius 3 is 2.56 bits per heavy atom. The fourth-order valence-electron chi connectivity index (χ4n) is 1.18. The number of esters is 1. The lowest BCUT2D eigenvalue weighted by Gasteiger charge is -2.17. The second kappa shape index (κ2) is 6.73. The Balaban J connectivity index is 0.00000225. The molecule has 0 unspecified atom stereocenters. The molecule has 3 nitrogen and oxygen atoms in total. The average molecular weight is 266 g/mol. The van der Waals surface area contributed by atoms with Crippen molar-refractivity contribution < 1.29 is 13.9 Å². The zero-order valence-electron chi connectivity index (χ0n) is 8.59. The maximum atomic E-state index is 13.3. The van der Waals surface area contributed by atoms with Gasteiger partial charge in [-0.15, -0.1) is 12.4 Å². The molecule has 0 heterocycles. The van der Waals surface area contributed by atoms with E-state index in [1.807, 2.05) is 0 Å². The molecule has 0 fully saturated rings. The van der Waals surface area contributed by atoms with E-state index in [-0.39, 0.29) is 18.0 Å². The molecule has 6 heteroatoms. The van der Waals surface area contributed by atoms with Crippen molar-refractivity contribution in [3.8, 4) is 0 Å². The summed E-state index contributed by atoms with van der Waals surface area (Å²) in [5, 5.41) is -0.869. The van der Waals surface area contributed by atoms with E-state index in [0.717, 1.165) is 0 Å². The Labute approximate surface area is 105 Å². The molecule has 16 heavy (non-hydrogen) atoms. The van der Waals surface area contributed by atoms with Gasteiger partial charge in [-0.1, -0.05) is 18.2 Å². The first-order valence-corrected chi connectivity index (χ1v) is 4.85. The molecule has 2 atom stereocenters. The van der Waals surface area contributed by atoms with Crippen LogP contribution in [-0.2, 0) is 9.53 Å². The molecule has 0 aromatic heterocycles. The predicted octanol–water partition coefficient (Wildman–Crippen LogP) is 1.72. The van der Waals surface area contributed by atoms with Crippen molar-refractivity contribution >= 4 is 31.0 Å². The van der Waals surface area contributed by atoms with Crippen LogP contribution >= 0.6 is 25.0 Å². The lowest BCUT2D eigenvalue weighted by atomic mass is 10.0. The molecule has 0 saturated carbocycles. The minimum absolute atomic E-state index is 0. The van der Waals surface area contributed by atoms with Gasteiger partial charge < -0.3 is 10.5 Å². The van der Waals surface area contributed by atoms with Crippen molar-refractivity contribution in [3.63, 3.8) is 0 Å². The van der Waals surface area contributed by atoms with Gasteiger partial charge in [0.25, 0.3) is 0 Å². The highest BCUT2D eigenvalue weighted by Gasteiger charge is 2.25. The minimum atomic E-state index is -0.869. The van der Waals surface area contributed by atoms with Gasteiger partial charge in [-0.3, -0.25) is 4.79 Å². The second-order valence-electron chi connectivity index (χ2n) is 3.02. The molecule has 0 aliphatic heterocycles. The number of halogens is 2. The van der Waals surface area contributed by atoms with Crippen LogP contribution in [0.3, 0.4) is 0 Å². The highest BCUT2D eigenvalue weighted by atomic mass is 35.5.